The summed E-state index contributed by atoms with van der Waals surface area (Å²) < 4.78 is 0.868. The molecule has 1 aliphatic rings. The molecule has 1 fully saturated rings. The average molecular weight is 327 g/mol. The normalized spacial score (nSPS) is 19.0. The van der Waals surface area contributed by atoms with Gasteiger partial charge in [-0.3, -0.25) is 14.4 Å². The first kappa shape index (κ1) is 13.7. The zero-order valence-corrected chi connectivity index (χ0v) is 11.6. The van der Waals surface area contributed by atoms with E-state index in [4.69, 9.17) is 5.73 Å². The van der Waals surface area contributed by atoms with Gasteiger partial charge in [-0.15, -0.1) is 0 Å². The highest BCUT2D eigenvalue weighted by molar-refractivity contribution is 9.10. The van der Waals surface area contributed by atoms with Gasteiger partial charge >= 0.3 is 0 Å². The first-order chi connectivity index (χ1) is 8.99. The number of benzene rings is 1. The highest BCUT2D eigenvalue weighted by Gasteiger charge is 2.42. The van der Waals surface area contributed by atoms with Crippen LogP contribution in [0.5, 0.6) is 0 Å². The van der Waals surface area contributed by atoms with E-state index < -0.39 is 11.9 Å². The molecule has 0 aromatic heterocycles. The van der Waals surface area contributed by atoms with Gasteiger partial charge in [-0.05, 0) is 24.3 Å². The summed E-state index contributed by atoms with van der Waals surface area (Å²) in [5, 5.41) is 1.50. The average Bonchev–Trinajstić information content (AvgIpc) is 2.63. The second-order valence-electron chi connectivity index (χ2n) is 4.26. The van der Waals surface area contributed by atoms with Crippen molar-refractivity contribution in [1.82, 2.24) is 0 Å². The van der Waals surface area contributed by atoms with Crippen molar-refractivity contribution in [3.63, 3.8) is 0 Å². The van der Waals surface area contributed by atoms with Crippen molar-refractivity contribution in [2.75, 3.05) is 11.4 Å². The SMILES string of the molecule is NC(=O)C[NH2+][C@H]1CC(=O)N(c2ccc(Br)cc2)C1=O. The van der Waals surface area contributed by atoms with E-state index >= 15 is 0 Å². The molecule has 0 aliphatic carbocycles. The van der Waals surface area contributed by atoms with Crippen molar-refractivity contribution >= 4 is 39.3 Å². The molecule has 4 N–H and O–H groups in total. The minimum atomic E-state index is -0.566. The van der Waals surface area contributed by atoms with E-state index in [0.29, 0.717) is 5.69 Å². The number of halogens is 1. The molecule has 0 bridgehead atoms. The van der Waals surface area contributed by atoms with Crippen LogP contribution in [0.2, 0.25) is 0 Å². The van der Waals surface area contributed by atoms with Crippen LogP contribution in [0.15, 0.2) is 28.7 Å². The van der Waals surface area contributed by atoms with Crippen molar-refractivity contribution in [2.24, 2.45) is 5.73 Å². The molecular formula is C12H13BrN3O3+. The molecular weight excluding hydrogens is 314 g/mol. The first-order valence-electron chi connectivity index (χ1n) is 5.73. The number of quaternary nitrogens is 1. The molecule has 7 heteroatoms. The maximum absolute atomic E-state index is 12.1. The van der Waals surface area contributed by atoms with Gasteiger partial charge in [0.2, 0.25) is 5.91 Å². The van der Waals surface area contributed by atoms with Crippen LogP contribution in [-0.2, 0) is 14.4 Å². The largest absolute Gasteiger partial charge is 0.365 e. The van der Waals surface area contributed by atoms with E-state index in [0.717, 1.165) is 9.37 Å². The Morgan fingerprint density at radius 3 is 2.58 bits per heavy atom. The molecule has 100 valence electrons. The standard InChI is InChI=1S/C12H12BrN3O3/c13-7-1-3-8(4-2-7)16-11(18)5-9(12(16)19)15-6-10(14)17/h1-4,9,15H,5-6H2,(H2,14,17)/p+1/t9-/m0/s1. The lowest BCUT2D eigenvalue weighted by Crippen LogP contribution is -2.93. The third kappa shape index (κ3) is 2.99. The molecule has 1 atom stereocenters. The Bertz CT molecular complexity index is 530. The number of hydrogen-bond acceptors (Lipinski definition) is 3. The Morgan fingerprint density at radius 1 is 1.37 bits per heavy atom. The number of nitrogens with zero attached hydrogens (tertiary/aromatic N) is 1. The fourth-order valence-electron chi connectivity index (χ4n) is 1.96. The third-order valence-electron chi connectivity index (χ3n) is 2.87. The molecule has 0 spiro atoms. The predicted octanol–water partition coefficient (Wildman–Crippen LogP) is -0.870. The summed E-state index contributed by atoms with van der Waals surface area (Å²) in [6.07, 6.45) is 0.0855. The van der Waals surface area contributed by atoms with Crippen LogP contribution in [0.4, 0.5) is 5.69 Å². The summed E-state index contributed by atoms with van der Waals surface area (Å²) in [4.78, 5) is 35.9. The van der Waals surface area contributed by atoms with E-state index in [1.807, 2.05) is 0 Å². The Hall–Kier alpha value is -1.73. The number of hydrogen-bond donors (Lipinski definition) is 2. The van der Waals surface area contributed by atoms with Gasteiger partial charge in [-0.1, -0.05) is 15.9 Å². The zero-order chi connectivity index (χ0) is 14.0. The van der Waals surface area contributed by atoms with E-state index in [1.54, 1.807) is 24.3 Å². The van der Waals surface area contributed by atoms with Gasteiger partial charge in [0.15, 0.2) is 12.6 Å². The number of carbonyl (C=O) groups is 3. The molecule has 1 heterocycles. The number of rotatable bonds is 4. The highest BCUT2D eigenvalue weighted by Crippen LogP contribution is 2.23. The molecule has 6 nitrogen and oxygen atoms in total. The molecule has 0 radical (unpaired) electrons. The minimum Gasteiger partial charge on any atom is -0.365 e. The van der Waals surface area contributed by atoms with Gasteiger partial charge < -0.3 is 11.1 Å². The van der Waals surface area contributed by atoms with Gasteiger partial charge in [0.05, 0.1) is 12.1 Å². The minimum absolute atomic E-state index is 0.00212. The summed E-state index contributed by atoms with van der Waals surface area (Å²) in [5.74, 6) is -1.09. The second kappa shape index (κ2) is 5.50. The summed E-state index contributed by atoms with van der Waals surface area (Å²) in [5.41, 5.74) is 5.56. The lowest BCUT2D eigenvalue weighted by molar-refractivity contribution is -0.663. The van der Waals surface area contributed by atoms with E-state index in [-0.39, 0.29) is 24.8 Å². The maximum atomic E-state index is 12.1. The van der Waals surface area contributed by atoms with Crippen LogP contribution in [0.3, 0.4) is 0 Å². The van der Waals surface area contributed by atoms with Crippen LogP contribution in [0.25, 0.3) is 0 Å². The molecule has 3 amide bonds. The Morgan fingerprint density at radius 2 is 2.00 bits per heavy atom. The van der Waals surface area contributed by atoms with Crippen LogP contribution >= 0.6 is 15.9 Å². The number of anilines is 1. The van der Waals surface area contributed by atoms with Gasteiger partial charge in [0.1, 0.15) is 0 Å². The lowest BCUT2D eigenvalue weighted by Gasteiger charge is -2.13. The summed E-state index contributed by atoms with van der Waals surface area (Å²) >= 11 is 3.29. The topological polar surface area (TPSA) is 97.1 Å². The fourth-order valence-corrected chi connectivity index (χ4v) is 2.22. The monoisotopic (exact) mass is 326 g/mol. The number of amides is 3. The molecule has 1 aromatic rings. The van der Waals surface area contributed by atoms with Crippen molar-refractivity contribution in [3.05, 3.63) is 28.7 Å². The van der Waals surface area contributed by atoms with Crippen LogP contribution in [-0.4, -0.2) is 30.3 Å². The third-order valence-corrected chi connectivity index (χ3v) is 3.40. The molecule has 1 saturated heterocycles. The number of primary amides is 1. The number of carbonyl (C=O) groups excluding carboxylic acids is 3. The molecule has 1 aliphatic heterocycles. The van der Waals surface area contributed by atoms with Crippen LogP contribution in [0, 0.1) is 0 Å². The van der Waals surface area contributed by atoms with Crippen molar-refractivity contribution in [3.8, 4) is 0 Å². The predicted molar refractivity (Wildman–Crippen MR) is 71.0 cm³/mol. The second-order valence-corrected chi connectivity index (χ2v) is 5.18. The van der Waals surface area contributed by atoms with Crippen LogP contribution < -0.4 is 16.0 Å². The van der Waals surface area contributed by atoms with E-state index in [1.165, 1.54) is 5.32 Å². The Kier molecular flexibility index (Phi) is 3.96. The molecule has 1 aromatic carbocycles. The summed E-state index contributed by atoms with van der Waals surface area (Å²) in [6, 6.07) is 6.34. The summed E-state index contributed by atoms with van der Waals surface area (Å²) in [7, 11) is 0. The van der Waals surface area contributed by atoms with E-state index in [9.17, 15) is 14.4 Å². The van der Waals surface area contributed by atoms with Gasteiger partial charge in [0, 0.05) is 4.47 Å². The number of imide groups is 1. The fraction of sp³-hybridized carbons (Fsp3) is 0.250. The smallest absolute Gasteiger partial charge is 0.292 e. The van der Waals surface area contributed by atoms with Crippen molar-refractivity contribution in [1.29, 1.82) is 0 Å². The van der Waals surface area contributed by atoms with Crippen LogP contribution in [0.1, 0.15) is 6.42 Å². The quantitative estimate of drug-likeness (QED) is 0.704. The zero-order valence-electron chi connectivity index (χ0n) is 10.0. The lowest BCUT2D eigenvalue weighted by atomic mass is 10.2. The first-order valence-corrected chi connectivity index (χ1v) is 6.52. The van der Waals surface area contributed by atoms with Gasteiger partial charge in [-0.2, -0.15) is 0 Å². The summed E-state index contributed by atoms with van der Waals surface area (Å²) in [6.45, 7) is -0.00212. The Labute approximate surface area is 118 Å². The van der Waals surface area contributed by atoms with Crippen molar-refractivity contribution in [2.45, 2.75) is 12.5 Å². The number of nitrogens with two attached hydrogens (primary N) is 2. The van der Waals surface area contributed by atoms with E-state index in [2.05, 4.69) is 15.9 Å². The molecule has 19 heavy (non-hydrogen) atoms. The highest BCUT2D eigenvalue weighted by atomic mass is 79.9. The van der Waals surface area contributed by atoms with Gasteiger partial charge in [0.25, 0.3) is 11.8 Å². The Balaban J connectivity index is 2.14. The molecule has 0 unspecified atom stereocenters. The maximum Gasteiger partial charge on any atom is 0.292 e. The van der Waals surface area contributed by atoms with Crippen molar-refractivity contribution < 1.29 is 19.7 Å². The molecule has 2 rings (SSSR count). The molecule has 0 saturated carbocycles. The van der Waals surface area contributed by atoms with Gasteiger partial charge in [-0.25, -0.2) is 4.90 Å².